The number of carboxylic acid groups (broad SMARTS) is 2. The van der Waals surface area contributed by atoms with Gasteiger partial charge in [-0.05, 0) is 54.3 Å². The highest BCUT2D eigenvalue weighted by Gasteiger charge is 2.30. The van der Waals surface area contributed by atoms with Crippen LogP contribution in [0.4, 0.5) is 8.78 Å². The molecule has 2 aromatic heterocycles. The van der Waals surface area contributed by atoms with Gasteiger partial charge in [0.2, 0.25) is 5.91 Å². The minimum Gasteiger partial charge on any atom is -0.505 e. The second kappa shape index (κ2) is 14.7. The molecule has 3 unspecified atom stereocenters. The number of ether oxygens (including phenoxy) is 1. The number of aromatic nitrogens is 4. The van der Waals surface area contributed by atoms with Crippen molar-refractivity contribution in [2.24, 2.45) is 0 Å². The Bertz CT molecular complexity index is 1860. The van der Waals surface area contributed by atoms with Crippen LogP contribution < -0.4 is 0 Å². The molecule has 0 bridgehead atoms. The first kappa shape index (κ1) is 35.3. The van der Waals surface area contributed by atoms with Crippen molar-refractivity contribution >= 4 is 28.7 Å². The lowest BCUT2D eigenvalue weighted by Crippen LogP contribution is -2.48. The number of phenols is 1. The number of H-pyrrole nitrogens is 2. The number of aromatic amines is 2. The molecule has 1 fully saturated rings. The molecule has 0 saturated carbocycles. The molecule has 2 aromatic carbocycles. The average molecular weight is 687 g/mol. The van der Waals surface area contributed by atoms with Crippen molar-refractivity contribution in [1.82, 2.24) is 30.0 Å². The zero-order chi connectivity index (χ0) is 35.6. The van der Waals surface area contributed by atoms with E-state index < -0.39 is 41.5 Å². The Labute approximate surface area is 277 Å². The highest BCUT2D eigenvalue weighted by Crippen LogP contribution is 2.35. The van der Waals surface area contributed by atoms with Crippen molar-refractivity contribution < 1.29 is 53.4 Å². The van der Waals surface area contributed by atoms with Crippen molar-refractivity contribution in [2.45, 2.75) is 51.5 Å². The maximum atomic E-state index is 15.5. The molecular formula is C32H36F2N6O9. The van der Waals surface area contributed by atoms with E-state index in [1.54, 1.807) is 6.07 Å². The van der Waals surface area contributed by atoms with E-state index in [0.29, 0.717) is 72.8 Å². The number of amides is 1. The summed E-state index contributed by atoms with van der Waals surface area (Å²) < 4.78 is 35.2. The van der Waals surface area contributed by atoms with Gasteiger partial charge in [-0.3, -0.25) is 14.8 Å². The molecule has 3 atom stereocenters. The highest BCUT2D eigenvalue weighted by molar-refractivity contribution is 5.95. The summed E-state index contributed by atoms with van der Waals surface area (Å²) in [5, 5.41) is 49.8. The number of halogens is 2. The van der Waals surface area contributed by atoms with Crippen LogP contribution in [0.1, 0.15) is 30.8 Å². The molecule has 262 valence electrons. The van der Waals surface area contributed by atoms with Gasteiger partial charge in [0.25, 0.3) is 0 Å². The third-order valence-electron chi connectivity index (χ3n) is 8.38. The smallest absolute Gasteiger partial charge is 0.335 e. The highest BCUT2D eigenvalue weighted by atomic mass is 19.1. The van der Waals surface area contributed by atoms with Gasteiger partial charge >= 0.3 is 11.9 Å². The van der Waals surface area contributed by atoms with Crippen LogP contribution in [0.3, 0.4) is 0 Å². The number of phenolic OH excluding ortho intramolecular Hbond substituents is 1. The second-order valence-electron chi connectivity index (χ2n) is 11.8. The van der Waals surface area contributed by atoms with E-state index in [0.717, 1.165) is 24.5 Å². The zero-order valence-electron chi connectivity index (χ0n) is 26.6. The van der Waals surface area contributed by atoms with Gasteiger partial charge in [0.15, 0.2) is 29.6 Å². The van der Waals surface area contributed by atoms with Crippen molar-refractivity contribution in [1.29, 1.82) is 0 Å². The Morgan fingerprint density at radius 3 is 2.43 bits per heavy atom. The maximum absolute atomic E-state index is 15.5. The molecule has 4 heterocycles. The minimum absolute atomic E-state index is 0.0619. The first-order valence-corrected chi connectivity index (χ1v) is 15.5. The first-order valence-electron chi connectivity index (χ1n) is 15.5. The number of aliphatic carboxylic acids is 2. The van der Waals surface area contributed by atoms with Crippen LogP contribution in [0.25, 0.3) is 33.5 Å². The fourth-order valence-corrected chi connectivity index (χ4v) is 5.82. The SMILES string of the molecule is CCc1cc(O)c(F)cc1-c1cc(F)c2c(-c3nc4c([nH]3)CN(C(=O)CN3CCOC(C)C3)CC4)n[nH]c2c1.O=C(O)C(O)C(O)C(=O)O. The van der Waals surface area contributed by atoms with Crippen LogP contribution in [-0.2, 0) is 38.5 Å². The molecule has 0 spiro atoms. The normalized spacial score (nSPS) is 17.6. The summed E-state index contributed by atoms with van der Waals surface area (Å²) in [5.74, 6) is -4.76. The summed E-state index contributed by atoms with van der Waals surface area (Å²) >= 11 is 0. The van der Waals surface area contributed by atoms with Crippen LogP contribution in [0.2, 0.25) is 0 Å². The molecule has 17 heteroatoms. The van der Waals surface area contributed by atoms with E-state index in [2.05, 4.69) is 25.1 Å². The molecule has 49 heavy (non-hydrogen) atoms. The number of morpholine rings is 1. The molecule has 6 rings (SSSR count). The summed E-state index contributed by atoms with van der Waals surface area (Å²) in [5.41, 5.74) is 4.14. The number of aryl methyl sites for hydroxylation is 1. The number of rotatable bonds is 8. The summed E-state index contributed by atoms with van der Waals surface area (Å²) in [6.07, 6.45) is -3.28. The number of hydrogen-bond acceptors (Lipinski definition) is 10. The fourth-order valence-electron chi connectivity index (χ4n) is 5.82. The van der Waals surface area contributed by atoms with Crippen molar-refractivity contribution in [3.8, 4) is 28.4 Å². The molecule has 7 N–H and O–H groups in total. The van der Waals surface area contributed by atoms with Crippen molar-refractivity contribution in [3.05, 3.63) is 52.9 Å². The Hall–Kier alpha value is -4.97. The zero-order valence-corrected chi connectivity index (χ0v) is 26.6. The molecular weight excluding hydrogens is 650 g/mol. The number of aliphatic hydroxyl groups is 2. The quantitative estimate of drug-likeness (QED) is 0.141. The standard InChI is InChI=1S/C28H30F2N6O3.C4H6O6/c1-3-16-10-24(37)19(29)11-18(16)17-8-20(30)26-22(9-17)33-34-27(26)28-31-21-4-5-36(13-23(21)32-28)25(38)14-35-6-7-39-15(2)12-35;5-1(3(7)8)2(6)4(9)10/h8-11,15,37H,3-7,12-14H2,1-2H3,(H,31,32)(H,33,34);1-2,5-6H,(H,7,8)(H,9,10). The van der Waals surface area contributed by atoms with Crippen LogP contribution in [0.5, 0.6) is 5.75 Å². The van der Waals surface area contributed by atoms with E-state index in [1.807, 2.05) is 18.7 Å². The van der Waals surface area contributed by atoms with Gasteiger partial charge in [0.1, 0.15) is 11.5 Å². The van der Waals surface area contributed by atoms with Crippen molar-refractivity contribution in [3.63, 3.8) is 0 Å². The molecule has 15 nitrogen and oxygen atoms in total. The number of carbonyl (C=O) groups excluding carboxylic acids is 1. The average Bonchev–Trinajstić information content (AvgIpc) is 3.69. The van der Waals surface area contributed by atoms with Crippen LogP contribution in [0.15, 0.2) is 24.3 Å². The molecule has 4 aromatic rings. The third-order valence-corrected chi connectivity index (χ3v) is 8.38. The topological polar surface area (TPSA) is 225 Å². The molecule has 2 aliphatic rings. The van der Waals surface area contributed by atoms with Gasteiger partial charge in [-0.2, -0.15) is 5.10 Å². The van der Waals surface area contributed by atoms with Gasteiger partial charge in [-0.1, -0.05) is 6.92 Å². The third kappa shape index (κ3) is 7.69. The summed E-state index contributed by atoms with van der Waals surface area (Å²) in [6, 6.07) is 5.66. The van der Waals surface area contributed by atoms with Crippen LogP contribution in [-0.4, -0.2) is 124 Å². The lowest BCUT2D eigenvalue weighted by molar-refractivity contribution is -0.165. The number of carbonyl (C=O) groups is 3. The number of hydrogen-bond donors (Lipinski definition) is 7. The van der Waals surface area contributed by atoms with E-state index in [-0.39, 0.29) is 17.4 Å². The molecule has 2 aliphatic heterocycles. The molecule has 1 saturated heterocycles. The molecule has 0 radical (unpaired) electrons. The van der Waals surface area contributed by atoms with Gasteiger partial charge in [0, 0.05) is 26.1 Å². The number of carboxylic acids is 2. The van der Waals surface area contributed by atoms with Gasteiger partial charge in [-0.25, -0.2) is 23.4 Å². The van der Waals surface area contributed by atoms with E-state index >= 15 is 4.39 Å². The number of nitrogens with zero attached hydrogens (tertiary/aromatic N) is 4. The number of aliphatic hydroxyl groups excluding tert-OH is 2. The Morgan fingerprint density at radius 2 is 1.78 bits per heavy atom. The monoisotopic (exact) mass is 686 g/mol. The molecule has 1 amide bonds. The van der Waals surface area contributed by atoms with Crippen LogP contribution >= 0.6 is 0 Å². The lowest BCUT2D eigenvalue weighted by atomic mass is 9.96. The number of fused-ring (bicyclic) bond motifs is 2. The Balaban J connectivity index is 0.000000409. The second-order valence-corrected chi connectivity index (χ2v) is 11.8. The predicted octanol–water partition coefficient (Wildman–Crippen LogP) is 1.65. The first-order chi connectivity index (χ1) is 23.3. The van der Waals surface area contributed by atoms with Gasteiger partial charge < -0.3 is 40.2 Å². The van der Waals surface area contributed by atoms with E-state index in [1.165, 1.54) is 18.2 Å². The Kier molecular flexibility index (Phi) is 10.6. The largest absolute Gasteiger partial charge is 0.505 e. The maximum Gasteiger partial charge on any atom is 0.335 e. The van der Waals surface area contributed by atoms with E-state index in [4.69, 9.17) is 25.2 Å². The Morgan fingerprint density at radius 1 is 1.06 bits per heavy atom. The fraction of sp³-hybridized carbons (Fsp3) is 0.406. The lowest BCUT2D eigenvalue weighted by Gasteiger charge is -2.33. The summed E-state index contributed by atoms with van der Waals surface area (Å²) in [6.45, 7) is 7.32. The number of imidazole rings is 1. The summed E-state index contributed by atoms with van der Waals surface area (Å²) in [4.78, 5) is 44.4. The molecule has 0 aliphatic carbocycles. The predicted molar refractivity (Wildman–Crippen MR) is 168 cm³/mol. The van der Waals surface area contributed by atoms with Crippen molar-refractivity contribution in [2.75, 3.05) is 32.8 Å². The summed E-state index contributed by atoms with van der Waals surface area (Å²) in [7, 11) is 0. The number of benzene rings is 2. The van der Waals surface area contributed by atoms with E-state index in [9.17, 15) is 23.9 Å². The van der Waals surface area contributed by atoms with Gasteiger partial charge in [0.05, 0.1) is 48.1 Å². The van der Waals surface area contributed by atoms with Gasteiger partial charge in [-0.15, -0.1) is 0 Å². The number of nitrogens with one attached hydrogen (secondary N) is 2. The van der Waals surface area contributed by atoms with Crippen LogP contribution in [0, 0.1) is 11.6 Å². The minimum atomic E-state index is -2.27. The number of aromatic hydroxyl groups is 1.